The lowest BCUT2D eigenvalue weighted by atomic mass is 9.90. The number of pyridine rings is 1. The predicted octanol–water partition coefficient (Wildman–Crippen LogP) is 3.16. The van der Waals surface area contributed by atoms with Crippen molar-refractivity contribution in [3.8, 4) is 5.88 Å². The molecule has 1 aliphatic rings. The molecule has 0 spiro atoms. The fourth-order valence-corrected chi connectivity index (χ4v) is 3.38. The lowest BCUT2D eigenvalue weighted by Gasteiger charge is -2.27. The summed E-state index contributed by atoms with van der Waals surface area (Å²) in [4.78, 5) is 28.5. The van der Waals surface area contributed by atoms with Crippen molar-refractivity contribution in [2.75, 3.05) is 13.2 Å². The van der Waals surface area contributed by atoms with E-state index in [-0.39, 0.29) is 49.9 Å². The van der Waals surface area contributed by atoms with Crippen molar-refractivity contribution in [1.29, 1.82) is 0 Å². The maximum Gasteiger partial charge on any atom is 0.262 e. The molecule has 6 nitrogen and oxygen atoms in total. The molecule has 0 radical (unpaired) electrons. The Morgan fingerprint density at radius 3 is 2.96 bits per heavy atom. The van der Waals surface area contributed by atoms with Crippen molar-refractivity contribution < 1.29 is 18.7 Å². The van der Waals surface area contributed by atoms with Crippen LogP contribution in [0.5, 0.6) is 5.88 Å². The van der Waals surface area contributed by atoms with E-state index >= 15 is 4.39 Å². The first-order chi connectivity index (χ1) is 13.4. The van der Waals surface area contributed by atoms with E-state index in [4.69, 9.17) is 27.9 Å². The molecule has 1 atom stereocenters. The number of aromatic nitrogens is 1. The molecule has 0 aliphatic carbocycles. The second-order valence-electron chi connectivity index (χ2n) is 6.32. The molecule has 0 saturated carbocycles. The Bertz CT molecular complexity index is 896. The van der Waals surface area contributed by atoms with Crippen LogP contribution >= 0.6 is 23.2 Å². The van der Waals surface area contributed by atoms with Gasteiger partial charge in [-0.1, -0.05) is 29.3 Å². The highest BCUT2D eigenvalue weighted by atomic mass is 35.5. The largest absolute Gasteiger partial charge is 0.467 e. The first-order valence-corrected chi connectivity index (χ1v) is 9.42. The van der Waals surface area contributed by atoms with Crippen LogP contribution in [0.15, 0.2) is 36.5 Å². The Hall–Kier alpha value is -2.38. The molecule has 2 amide bonds. The average Bonchev–Trinajstić information content (AvgIpc) is 2.68. The van der Waals surface area contributed by atoms with Crippen molar-refractivity contribution in [2.45, 2.75) is 25.1 Å². The first kappa shape index (κ1) is 20.4. The number of benzene rings is 1. The molecule has 1 aromatic carbocycles. The van der Waals surface area contributed by atoms with Crippen LogP contribution in [0.1, 0.15) is 24.0 Å². The van der Waals surface area contributed by atoms with Crippen molar-refractivity contribution in [3.63, 3.8) is 0 Å². The lowest BCUT2D eigenvalue weighted by Crippen LogP contribution is -2.43. The molecule has 1 aromatic heterocycles. The Labute approximate surface area is 171 Å². The van der Waals surface area contributed by atoms with Gasteiger partial charge in [-0.15, -0.1) is 0 Å². The molecule has 2 heterocycles. The Morgan fingerprint density at radius 2 is 2.18 bits per heavy atom. The van der Waals surface area contributed by atoms with Gasteiger partial charge < -0.3 is 15.4 Å². The van der Waals surface area contributed by atoms with E-state index in [0.717, 1.165) is 0 Å². The van der Waals surface area contributed by atoms with Gasteiger partial charge in [-0.05, 0) is 42.7 Å². The van der Waals surface area contributed by atoms with Crippen LogP contribution in [0.2, 0.25) is 10.0 Å². The van der Waals surface area contributed by atoms with Crippen LogP contribution in [0.4, 0.5) is 4.39 Å². The molecule has 28 heavy (non-hydrogen) atoms. The van der Waals surface area contributed by atoms with E-state index in [1.807, 2.05) is 0 Å². The molecule has 2 aromatic rings. The average molecular weight is 426 g/mol. The van der Waals surface area contributed by atoms with Crippen molar-refractivity contribution in [2.24, 2.45) is 0 Å². The second-order valence-corrected chi connectivity index (χ2v) is 7.16. The maximum atomic E-state index is 16.0. The number of amides is 2. The highest BCUT2D eigenvalue weighted by molar-refractivity contribution is 6.35. The zero-order valence-corrected chi connectivity index (χ0v) is 16.3. The van der Waals surface area contributed by atoms with Crippen LogP contribution < -0.4 is 15.4 Å². The van der Waals surface area contributed by atoms with Gasteiger partial charge in [-0.3, -0.25) is 9.59 Å². The van der Waals surface area contributed by atoms with Gasteiger partial charge >= 0.3 is 0 Å². The highest BCUT2D eigenvalue weighted by Crippen LogP contribution is 2.37. The number of halogens is 3. The third kappa shape index (κ3) is 4.54. The van der Waals surface area contributed by atoms with Crippen molar-refractivity contribution in [1.82, 2.24) is 15.6 Å². The lowest BCUT2D eigenvalue weighted by molar-refractivity contribution is -0.134. The number of hydrogen-bond acceptors (Lipinski definition) is 4. The van der Waals surface area contributed by atoms with E-state index in [1.165, 1.54) is 18.3 Å². The van der Waals surface area contributed by atoms with Gasteiger partial charge in [0, 0.05) is 29.3 Å². The summed E-state index contributed by atoms with van der Waals surface area (Å²) in [7, 11) is 0. The van der Waals surface area contributed by atoms with E-state index in [0.29, 0.717) is 15.6 Å². The van der Waals surface area contributed by atoms with Gasteiger partial charge in [0.2, 0.25) is 11.5 Å². The minimum absolute atomic E-state index is 0.00981. The molecule has 0 unspecified atom stereocenters. The minimum Gasteiger partial charge on any atom is -0.467 e. The summed E-state index contributed by atoms with van der Waals surface area (Å²) in [5.41, 5.74) is -1.77. The Morgan fingerprint density at radius 1 is 1.36 bits per heavy atom. The van der Waals surface area contributed by atoms with Crippen LogP contribution in [0, 0.1) is 0 Å². The smallest absolute Gasteiger partial charge is 0.262 e. The third-order valence-electron chi connectivity index (χ3n) is 4.37. The Kier molecular flexibility index (Phi) is 6.36. The molecule has 0 fully saturated rings. The van der Waals surface area contributed by atoms with Gasteiger partial charge in [0.1, 0.15) is 0 Å². The highest BCUT2D eigenvalue weighted by Gasteiger charge is 2.43. The zero-order valence-electron chi connectivity index (χ0n) is 14.8. The molecule has 0 bridgehead atoms. The molecule has 0 saturated heterocycles. The predicted molar refractivity (Wildman–Crippen MR) is 103 cm³/mol. The fourth-order valence-electron chi connectivity index (χ4n) is 2.90. The topological polar surface area (TPSA) is 80.3 Å². The molecule has 1 aliphatic heterocycles. The van der Waals surface area contributed by atoms with E-state index in [9.17, 15) is 9.59 Å². The maximum absolute atomic E-state index is 16.0. The van der Waals surface area contributed by atoms with Crippen LogP contribution in [-0.2, 0) is 21.8 Å². The van der Waals surface area contributed by atoms with Crippen LogP contribution in [-0.4, -0.2) is 29.9 Å². The first-order valence-electron chi connectivity index (χ1n) is 8.66. The fraction of sp³-hybridized carbons (Fsp3) is 0.316. The number of carbonyl (C=O) groups is 2. The number of hydrogen-bond donors (Lipinski definition) is 2. The van der Waals surface area contributed by atoms with Crippen molar-refractivity contribution in [3.05, 3.63) is 57.7 Å². The number of ether oxygens (including phenoxy) is 1. The summed E-state index contributed by atoms with van der Waals surface area (Å²) in [6.07, 6.45) is 1.54. The normalized spacial score (nSPS) is 19.8. The van der Waals surface area contributed by atoms with Gasteiger partial charge in [-0.2, -0.15) is 0 Å². The second kappa shape index (κ2) is 8.75. The van der Waals surface area contributed by atoms with Crippen LogP contribution in [0.25, 0.3) is 0 Å². The minimum atomic E-state index is -2.37. The summed E-state index contributed by atoms with van der Waals surface area (Å²) in [5, 5.41) is 6.04. The van der Waals surface area contributed by atoms with Gasteiger partial charge in [-0.25, -0.2) is 9.37 Å². The van der Waals surface area contributed by atoms with E-state index in [1.54, 1.807) is 18.2 Å². The number of nitrogens with zero attached hydrogens (tertiary/aromatic N) is 1. The molecular weight excluding hydrogens is 408 g/mol. The van der Waals surface area contributed by atoms with E-state index in [2.05, 4.69) is 15.6 Å². The third-order valence-corrected chi connectivity index (χ3v) is 4.96. The standard InChI is InChI=1S/C19H18Cl2FN3O3/c20-13-5-4-12(15(21)9-13)10-25-18(27)19(22)6-2-8-23-16(26)11-28-17-14(19)3-1-7-24-17/h1,3-5,7,9H,2,6,8,10-11H2,(H,23,26)(H,25,27)/t19-/m0/s1. The number of fused-ring (bicyclic) bond motifs is 1. The zero-order chi connectivity index (χ0) is 20.1. The summed E-state index contributed by atoms with van der Waals surface area (Å²) < 4.78 is 21.3. The summed E-state index contributed by atoms with van der Waals surface area (Å²) >= 11 is 12.0. The molecule has 148 valence electrons. The monoisotopic (exact) mass is 425 g/mol. The van der Waals surface area contributed by atoms with Gasteiger partial charge in [0.05, 0.1) is 5.56 Å². The number of nitrogens with one attached hydrogen (secondary N) is 2. The van der Waals surface area contributed by atoms with Gasteiger partial charge in [0.25, 0.3) is 11.8 Å². The molecule has 9 heteroatoms. The number of rotatable bonds is 3. The molecule has 2 N–H and O–H groups in total. The quantitative estimate of drug-likeness (QED) is 0.791. The number of alkyl halides is 1. The summed E-state index contributed by atoms with van der Waals surface area (Å²) in [6, 6.07) is 7.81. The van der Waals surface area contributed by atoms with E-state index < -0.39 is 11.6 Å². The van der Waals surface area contributed by atoms with Crippen molar-refractivity contribution >= 4 is 35.0 Å². The summed E-state index contributed by atoms with van der Waals surface area (Å²) in [6.45, 7) is -0.0322. The molecular formula is C19H18Cl2FN3O3. The molecule has 3 rings (SSSR count). The number of carbonyl (C=O) groups excluding carboxylic acids is 2. The SMILES string of the molecule is O=C1COc2ncccc2[C@](F)(C(=O)NCc2ccc(Cl)cc2Cl)CCCN1. The van der Waals surface area contributed by atoms with Gasteiger partial charge in [0.15, 0.2) is 6.61 Å². The Balaban J connectivity index is 1.85. The summed E-state index contributed by atoms with van der Waals surface area (Å²) in [5.74, 6) is -1.24. The van der Waals surface area contributed by atoms with Crippen LogP contribution in [0.3, 0.4) is 0 Å².